The molecule has 154 valence electrons. The molecule has 2 heterocycles. The van der Waals surface area contributed by atoms with Crippen LogP contribution in [0.4, 0.5) is 0 Å². The number of aryl methyl sites for hydroxylation is 2. The monoisotopic (exact) mass is 416 g/mol. The lowest BCUT2D eigenvalue weighted by Gasteiger charge is -2.42. The Morgan fingerprint density at radius 1 is 1.34 bits per heavy atom. The van der Waals surface area contributed by atoms with Crippen LogP contribution in [-0.4, -0.2) is 46.4 Å². The average molecular weight is 417 g/mol. The fourth-order valence-corrected chi connectivity index (χ4v) is 4.00. The van der Waals surface area contributed by atoms with Gasteiger partial charge in [-0.1, -0.05) is 17.7 Å². The summed E-state index contributed by atoms with van der Waals surface area (Å²) < 4.78 is 5.95. The van der Waals surface area contributed by atoms with E-state index >= 15 is 0 Å². The Hall–Kier alpha value is -2.67. The van der Waals surface area contributed by atoms with Gasteiger partial charge in [0.1, 0.15) is 11.6 Å². The number of nitrogens with two attached hydrogens (primary N) is 1. The van der Waals surface area contributed by atoms with E-state index in [1.165, 1.54) is 0 Å². The lowest BCUT2D eigenvalue weighted by molar-refractivity contribution is -0.122. The number of ether oxygens (including phenoxy) is 1. The smallest absolute Gasteiger partial charge is 0.257 e. The van der Waals surface area contributed by atoms with Crippen molar-refractivity contribution in [3.05, 3.63) is 52.6 Å². The molecule has 1 aromatic heterocycles. The average Bonchev–Trinajstić information content (AvgIpc) is 2.66. The molecule has 2 amide bonds. The number of aromatic nitrogens is 2. The Labute approximate surface area is 175 Å². The molecule has 1 atom stereocenters. The van der Waals surface area contributed by atoms with Crippen molar-refractivity contribution < 1.29 is 14.3 Å². The van der Waals surface area contributed by atoms with E-state index in [2.05, 4.69) is 9.97 Å². The van der Waals surface area contributed by atoms with E-state index in [9.17, 15) is 9.59 Å². The van der Waals surface area contributed by atoms with Crippen LogP contribution >= 0.6 is 11.6 Å². The number of piperidine rings is 1. The number of nitrogens with zero attached hydrogens (tertiary/aromatic N) is 3. The maximum atomic E-state index is 13.1. The van der Waals surface area contributed by atoms with Crippen LogP contribution in [0.25, 0.3) is 0 Å². The molecule has 0 bridgehead atoms. The molecule has 29 heavy (non-hydrogen) atoms. The summed E-state index contributed by atoms with van der Waals surface area (Å²) >= 11 is 6.02. The van der Waals surface area contributed by atoms with Crippen LogP contribution in [0.3, 0.4) is 0 Å². The number of halogens is 1. The fourth-order valence-electron chi connectivity index (χ4n) is 3.82. The zero-order chi connectivity index (χ0) is 21.0. The normalized spacial score (nSPS) is 19.1. The van der Waals surface area contributed by atoms with Gasteiger partial charge in [0, 0.05) is 36.1 Å². The number of carbonyl (C=O) groups is 2. The zero-order valence-corrected chi connectivity index (χ0v) is 17.4. The van der Waals surface area contributed by atoms with Gasteiger partial charge in [0.05, 0.1) is 17.9 Å². The predicted octanol–water partition coefficient (Wildman–Crippen LogP) is 2.92. The number of primary amides is 1. The highest BCUT2D eigenvalue weighted by atomic mass is 35.5. The largest absolute Gasteiger partial charge is 0.493 e. The first kappa shape index (κ1) is 21.0. The quantitative estimate of drug-likeness (QED) is 0.780. The number of likely N-dealkylation sites (tertiary alicyclic amines) is 1. The van der Waals surface area contributed by atoms with Crippen LogP contribution in [0, 0.1) is 19.3 Å². The van der Waals surface area contributed by atoms with Crippen LogP contribution in [0.2, 0.25) is 5.02 Å². The Kier molecular flexibility index (Phi) is 6.37. The Bertz CT molecular complexity index is 921. The SMILES string of the molecule is Cc1ncc(C(=O)N2CCC[C@](COc3cccc(Cl)c3)(CC(N)=O)C2)c(C)n1. The molecule has 1 aliphatic heterocycles. The number of rotatable bonds is 6. The molecular weight excluding hydrogens is 392 g/mol. The van der Waals surface area contributed by atoms with Crippen LogP contribution in [0.15, 0.2) is 30.5 Å². The van der Waals surface area contributed by atoms with Crippen LogP contribution in [-0.2, 0) is 4.79 Å². The van der Waals surface area contributed by atoms with Crippen molar-refractivity contribution in [3.8, 4) is 5.75 Å². The van der Waals surface area contributed by atoms with Crippen LogP contribution in [0.1, 0.15) is 41.1 Å². The van der Waals surface area contributed by atoms with Gasteiger partial charge in [-0.2, -0.15) is 0 Å². The van der Waals surface area contributed by atoms with Crippen molar-refractivity contribution in [2.45, 2.75) is 33.1 Å². The number of benzene rings is 1. The molecular formula is C21H25ClN4O3. The summed E-state index contributed by atoms with van der Waals surface area (Å²) in [6.07, 6.45) is 3.20. The highest BCUT2D eigenvalue weighted by Gasteiger charge is 2.40. The van der Waals surface area contributed by atoms with E-state index in [1.807, 2.05) is 6.07 Å². The molecule has 8 heteroatoms. The van der Waals surface area contributed by atoms with Gasteiger partial charge in [0.25, 0.3) is 5.91 Å². The number of hydrogen-bond acceptors (Lipinski definition) is 5. The summed E-state index contributed by atoms with van der Waals surface area (Å²) in [5, 5.41) is 0.571. The molecule has 0 radical (unpaired) electrons. The van der Waals surface area contributed by atoms with Crippen LogP contribution < -0.4 is 10.5 Å². The summed E-state index contributed by atoms with van der Waals surface area (Å²) in [6.45, 7) is 4.83. The fraction of sp³-hybridized carbons (Fsp3) is 0.429. The lowest BCUT2D eigenvalue weighted by atomic mass is 9.77. The first-order valence-electron chi connectivity index (χ1n) is 9.54. The molecule has 0 aliphatic carbocycles. The van der Waals surface area contributed by atoms with Crippen LogP contribution in [0.5, 0.6) is 5.75 Å². The van der Waals surface area contributed by atoms with Crippen molar-refractivity contribution in [2.24, 2.45) is 11.1 Å². The number of amides is 2. The van der Waals surface area contributed by atoms with Gasteiger partial charge in [-0.25, -0.2) is 9.97 Å². The third-order valence-electron chi connectivity index (χ3n) is 5.17. The Morgan fingerprint density at radius 2 is 2.14 bits per heavy atom. The molecule has 1 saturated heterocycles. The Balaban J connectivity index is 1.79. The molecule has 0 unspecified atom stereocenters. The van der Waals surface area contributed by atoms with Crippen molar-refractivity contribution in [1.82, 2.24) is 14.9 Å². The van der Waals surface area contributed by atoms with E-state index in [4.69, 9.17) is 22.1 Å². The summed E-state index contributed by atoms with van der Waals surface area (Å²) in [6, 6.07) is 7.09. The van der Waals surface area contributed by atoms with Crippen molar-refractivity contribution in [2.75, 3.05) is 19.7 Å². The van der Waals surface area contributed by atoms with Gasteiger partial charge in [-0.3, -0.25) is 9.59 Å². The van der Waals surface area contributed by atoms with Gasteiger partial charge >= 0.3 is 0 Å². The molecule has 0 spiro atoms. The number of hydrogen-bond donors (Lipinski definition) is 1. The van der Waals surface area contributed by atoms with E-state index in [0.717, 1.165) is 12.8 Å². The predicted molar refractivity (Wildman–Crippen MR) is 110 cm³/mol. The highest BCUT2D eigenvalue weighted by Crippen LogP contribution is 2.35. The maximum Gasteiger partial charge on any atom is 0.257 e. The van der Waals surface area contributed by atoms with Gasteiger partial charge in [0.15, 0.2) is 0 Å². The molecule has 0 saturated carbocycles. The minimum atomic E-state index is -0.554. The second-order valence-electron chi connectivity index (χ2n) is 7.64. The van der Waals surface area contributed by atoms with Crippen molar-refractivity contribution in [3.63, 3.8) is 0 Å². The molecule has 1 fully saturated rings. The highest BCUT2D eigenvalue weighted by molar-refractivity contribution is 6.30. The summed E-state index contributed by atoms with van der Waals surface area (Å²) in [5.74, 6) is 0.686. The minimum absolute atomic E-state index is 0.140. The first-order chi connectivity index (χ1) is 13.8. The van der Waals surface area contributed by atoms with Gasteiger partial charge in [0.2, 0.25) is 5.91 Å². The van der Waals surface area contributed by atoms with E-state index in [1.54, 1.807) is 43.1 Å². The van der Waals surface area contributed by atoms with Gasteiger partial charge in [-0.15, -0.1) is 0 Å². The second kappa shape index (κ2) is 8.78. The number of carbonyl (C=O) groups excluding carboxylic acids is 2. The summed E-state index contributed by atoms with van der Waals surface area (Å²) in [5.41, 5.74) is 6.10. The third-order valence-corrected chi connectivity index (χ3v) is 5.40. The molecule has 2 N–H and O–H groups in total. The first-order valence-corrected chi connectivity index (χ1v) is 9.92. The molecule has 1 aromatic carbocycles. The standard InChI is InChI=1S/C21H25ClN4O3/c1-14-18(11-24-15(2)25-14)20(28)26-8-4-7-21(12-26,10-19(23)27)13-29-17-6-3-5-16(22)9-17/h3,5-6,9,11H,4,7-8,10,12-13H2,1-2H3,(H2,23,27)/t21-/m0/s1. The van der Waals surface area contributed by atoms with Crippen molar-refractivity contribution in [1.29, 1.82) is 0 Å². The van der Waals surface area contributed by atoms with E-state index in [-0.39, 0.29) is 18.9 Å². The third kappa shape index (κ3) is 5.23. The molecule has 2 aromatic rings. The molecule has 3 rings (SSSR count). The topological polar surface area (TPSA) is 98.4 Å². The summed E-state index contributed by atoms with van der Waals surface area (Å²) in [7, 11) is 0. The zero-order valence-electron chi connectivity index (χ0n) is 16.7. The maximum absolute atomic E-state index is 13.1. The van der Waals surface area contributed by atoms with Gasteiger partial charge in [-0.05, 0) is 44.9 Å². The van der Waals surface area contributed by atoms with E-state index in [0.29, 0.717) is 40.9 Å². The van der Waals surface area contributed by atoms with E-state index < -0.39 is 11.3 Å². The molecule has 1 aliphatic rings. The van der Waals surface area contributed by atoms with Crippen molar-refractivity contribution >= 4 is 23.4 Å². The Morgan fingerprint density at radius 3 is 2.83 bits per heavy atom. The minimum Gasteiger partial charge on any atom is -0.493 e. The lowest BCUT2D eigenvalue weighted by Crippen LogP contribution is -2.50. The summed E-state index contributed by atoms with van der Waals surface area (Å²) in [4.78, 5) is 35.1. The molecule has 7 nitrogen and oxygen atoms in total. The van der Waals surface area contributed by atoms with Gasteiger partial charge < -0.3 is 15.4 Å². The second-order valence-corrected chi connectivity index (χ2v) is 8.07.